The van der Waals surface area contributed by atoms with Gasteiger partial charge in [-0.05, 0) is 75.3 Å². The fraction of sp³-hybridized carbons (Fsp3) is 0.516. The van der Waals surface area contributed by atoms with Gasteiger partial charge in [-0.15, -0.1) is 5.10 Å². The third-order valence-electron chi connectivity index (χ3n) is 8.10. The number of nitrogens with zero attached hydrogens (tertiary/aromatic N) is 3. The molecule has 10 nitrogen and oxygen atoms in total. The van der Waals surface area contributed by atoms with Crippen molar-refractivity contribution in [3.63, 3.8) is 0 Å². The first-order chi connectivity index (χ1) is 19.9. The molecule has 1 atom stereocenters. The molecule has 0 spiro atoms. The lowest BCUT2D eigenvalue weighted by Crippen LogP contribution is -2.33. The quantitative estimate of drug-likeness (QED) is 0.246. The fourth-order valence-corrected chi connectivity index (χ4v) is 6.91. The molecule has 1 aliphatic rings. The predicted octanol–water partition coefficient (Wildman–Crippen LogP) is 5.97. The summed E-state index contributed by atoms with van der Waals surface area (Å²) in [5.74, 6) is -0.392. The van der Waals surface area contributed by atoms with Crippen molar-refractivity contribution in [2.24, 2.45) is 5.41 Å². The van der Waals surface area contributed by atoms with Crippen molar-refractivity contribution >= 4 is 21.7 Å². The Kier molecular flexibility index (Phi) is 9.93. The summed E-state index contributed by atoms with van der Waals surface area (Å²) in [5.41, 5.74) is 2.64. The highest BCUT2D eigenvalue weighted by Crippen LogP contribution is 2.42. The number of anilines is 1. The van der Waals surface area contributed by atoms with Crippen LogP contribution in [0.4, 0.5) is 5.69 Å². The highest BCUT2D eigenvalue weighted by molar-refractivity contribution is 7.91. The Hall–Kier alpha value is -3.44. The van der Waals surface area contributed by atoms with Gasteiger partial charge < -0.3 is 14.6 Å². The van der Waals surface area contributed by atoms with E-state index >= 15 is 0 Å². The number of aromatic nitrogens is 3. The number of carboxylic acid groups (broad SMARTS) is 1. The number of benzene rings is 2. The molecular weight excluding hydrogens is 556 g/mol. The van der Waals surface area contributed by atoms with Gasteiger partial charge >= 0.3 is 5.97 Å². The minimum atomic E-state index is -3.83. The van der Waals surface area contributed by atoms with E-state index in [1.165, 1.54) is 6.42 Å². The Balaban J connectivity index is 1.61. The molecule has 2 N–H and O–H groups in total. The maximum absolute atomic E-state index is 13.6. The van der Waals surface area contributed by atoms with Gasteiger partial charge in [0.15, 0.2) is 0 Å². The molecule has 0 aliphatic heterocycles. The summed E-state index contributed by atoms with van der Waals surface area (Å²) in [7, 11) is -2.22. The SMILES string of the molecule is CCn1cc(COC(c2ccc(C)c(CS(=O)(=O)Nc3cccc(OC)c3C3CCCCC3)c2)C(C)(C)C(=O)O)nn1. The van der Waals surface area contributed by atoms with Crippen LogP contribution >= 0.6 is 0 Å². The second-order valence-electron chi connectivity index (χ2n) is 11.6. The summed E-state index contributed by atoms with van der Waals surface area (Å²) in [5, 5.41) is 18.1. The van der Waals surface area contributed by atoms with Crippen LogP contribution in [-0.2, 0) is 38.5 Å². The molecule has 42 heavy (non-hydrogen) atoms. The summed E-state index contributed by atoms with van der Waals surface area (Å²) >= 11 is 0. The third-order valence-corrected chi connectivity index (χ3v) is 9.32. The molecule has 0 bridgehead atoms. The lowest BCUT2D eigenvalue weighted by molar-refractivity contribution is -0.158. The number of nitrogens with one attached hydrogen (secondary N) is 1. The van der Waals surface area contributed by atoms with Gasteiger partial charge in [-0.2, -0.15) is 0 Å². The lowest BCUT2D eigenvalue weighted by Gasteiger charge is -2.31. The maximum atomic E-state index is 13.6. The van der Waals surface area contributed by atoms with Crippen molar-refractivity contribution in [2.45, 2.75) is 90.7 Å². The predicted molar refractivity (Wildman–Crippen MR) is 161 cm³/mol. The molecular formula is C31H42N4O6S. The summed E-state index contributed by atoms with van der Waals surface area (Å²) in [6, 6.07) is 10.8. The number of hydrogen-bond acceptors (Lipinski definition) is 7. The van der Waals surface area contributed by atoms with Crippen LogP contribution in [0.3, 0.4) is 0 Å². The second kappa shape index (κ2) is 13.2. The van der Waals surface area contributed by atoms with Crippen LogP contribution in [0.2, 0.25) is 0 Å². The Bertz CT molecular complexity index is 1490. The normalized spacial score (nSPS) is 15.4. The largest absolute Gasteiger partial charge is 0.496 e. The van der Waals surface area contributed by atoms with Crippen molar-refractivity contribution in [1.29, 1.82) is 0 Å². The standard InChI is InChI=1S/C31H42N4O6S/c1-6-35-18-25(32-34-35)19-41-29(31(3,4)30(36)37)23-16-15-21(2)24(17-23)20-42(38,39)33-26-13-10-14-27(40-5)28(26)22-11-8-7-9-12-22/h10,13-18,22,29,33H,6-9,11-12,19-20H2,1-5H3,(H,36,37). The summed E-state index contributed by atoms with van der Waals surface area (Å²) in [6.45, 7) is 7.68. The van der Waals surface area contributed by atoms with Gasteiger partial charge in [-0.25, -0.2) is 8.42 Å². The highest BCUT2D eigenvalue weighted by atomic mass is 32.2. The minimum Gasteiger partial charge on any atom is -0.496 e. The molecule has 1 aromatic heterocycles. The van der Waals surface area contributed by atoms with Crippen LogP contribution in [0.25, 0.3) is 0 Å². The van der Waals surface area contributed by atoms with Crippen LogP contribution < -0.4 is 9.46 Å². The monoisotopic (exact) mass is 598 g/mol. The Labute approximate surface area is 248 Å². The van der Waals surface area contributed by atoms with Crippen molar-refractivity contribution in [1.82, 2.24) is 15.0 Å². The number of hydrogen-bond donors (Lipinski definition) is 2. The lowest BCUT2D eigenvalue weighted by atomic mass is 9.82. The highest BCUT2D eigenvalue weighted by Gasteiger charge is 2.39. The van der Waals surface area contributed by atoms with Crippen molar-refractivity contribution < 1.29 is 27.8 Å². The van der Waals surface area contributed by atoms with Crippen LogP contribution in [0, 0.1) is 12.3 Å². The molecule has 11 heteroatoms. The molecule has 1 fully saturated rings. The molecule has 1 aliphatic carbocycles. The number of carboxylic acids is 1. The van der Waals surface area contributed by atoms with Gasteiger partial charge in [-0.1, -0.05) is 48.7 Å². The number of sulfonamides is 1. The fourth-order valence-electron chi connectivity index (χ4n) is 5.60. The van der Waals surface area contributed by atoms with Gasteiger partial charge in [0.25, 0.3) is 0 Å². The van der Waals surface area contributed by atoms with Crippen molar-refractivity contribution in [2.75, 3.05) is 11.8 Å². The molecule has 0 saturated heterocycles. The Morgan fingerprint density at radius 1 is 1.19 bits per heavy atom. The minimum absolute atomic E-state index is 0.0597. The third kappa shape index (κ3) is 7.30. The number of aliphatic carboxylic acids is 1. The number of rotatable bonds is 13. The van der Waals surface area contributed by atoms with E-state index < -0.39 is 27.5 Å². The molecule has 0 radical (unpaired) electrons. The van der Waals surface area contributed by atoms with Crippen molar-refractivity contribution in [3.8, 4) is 5.75 Å². The molecule has 4 rings (SSSR count). The molecule has 1 unspecified atom stereocenters. The Morgan fingerprint density at radius 2 is 1.93 bits per heavy atom. The van der Waals surface area contributed by atoms with E-state index in [0.717, 1.165) is 36.8 Å². The topological polar surface area (TPSA) is 133 Å². The maximum Gasteiger partial charge on any atom is 0.312 e. The van der Waals surface area contributed by atoms with Gasteiger partial charge in [0.1, 0.15) is 11.4 Å². The molecule has 3 aromatic rings. The van der Waals surface area contributed by atoms with E-state index in [1.807, 2.05) is 19.9 Å². The number of aryl methyl sites for hydroxylation is 2. The molecule has 0 amide bonds. The second-order valence-corrected chi connectivity index (χ2v) is 13.3. The zero-order valence-corrected chi connectivity index (χ0v) is 25.9. The smallest absolute Gasteiger partial charge is 0.312 e. The van der Waals surface area contributed by atoms with Gasteiger partial charge in [0.2, 0.25) is 10.0 Å². The first-order valence-electron chi connectivity index (χ1n) is 14.5. The van der Waals surface area contributed by atoms with Crippen molar-refractivity contribution in [3.05, 3.63) is 70.5 Å². The molecule has 2 aromatic carbocycles. The van der Waals surface area contributed by atoms with Crippen LogP contribution in [0.15, 0.2) is 42.6 Å². The average molecular weight is 599 g/mol. The van der Waals surface area contributed by atoms with E-state index in [0.29, 0.717) is 34.8 Å². The van der Waals surface area contributed by atoms with E-state index in [1.54, 1.807) is 62.2 Å². The van der Waals surface area contributed by atoms with E-state index in [-0.39, 0.29) is 18.3 Å². The molecule has 1 heterocycles. The van der Waals surface area contributed by atoms with E-state index in [9.17, 15) is 18.3 Å². The zero-order chi connectivity index (χ0) is 30.5. The van der Waals surface area contributed by atoms with Gasteiger partial charge in [0, 0.05) is 12.1 Å². The van der Waals surface area contributed by atoms with Crippen LogP contribution in [-0.4, -0.2) is 41.6 Å². The van der Waals surface area contributed by atoms with Gasteiger partial charge in [0.05, 0.1) is 42.9 Å². The number of carbonyl (C=O) groups is 1. The number of methoxy groups -OCH3 is 1. The van der Waals surface area contributed by atoms with Crippen LogP contribution in [0.5, 0.6) is 5.75 Å². The zero-order valence-electron chi connectivity index (χ0n) is 25.1. The first-order valence-corrected chi connectivity index (χ1v) is 16.1. The van der Waals surface area contributed by atoms with Crippen LogP contribution in [0.1, 0.15) is 92.8 Å². The van der Waals surface area contributed by atoms with Gasteiger partial charge in [-0.3, -0.25) is 14.2 Å². The Morgan fingerprint density at radius 3 is 2.57 bits per heavy atom. The first kappa shape index (κ1) is 31.5. The summed E-state index contributed by atoms with van der Waals surface area (Å²) in [4.78, 5) is 12.3. The average Bonchev–Trinajstić information content (AvgIpc) is 3.42. The summed E-state index contributed by atoms with van der Waals surface area (Å²) < 4.78 is 43.5. The van der Waals surface area contributed by atoms with E-state index in [2.05, 4.69) is 15.0 Å². The van der Waals surface area contributed by atoms with E-state index in [4.69, 9.17) is 9.47 Å². The molecule has 228 valence electrons. The molecule has 1 saturated carbocycles. The summed E-state index contributed by atoms with van der Waals surface area (Å²) in [6.07, 6.45) is 6.26. The number of ether oxygens (including phenoxy) is 2.